The number of aldehydes is 1. The Morgan fingerprint density at radius 1 is 1.02 bits per heavy atom. The van der Waals surface area contributed by atoms with Crippen molar-refractivity contribution in [2.24, 2.45) is 12.2 Å². The maximum absolute atomic E-state index is 13.1. The van der Waals surface area contributed by atoms with Gasteiger partial charge in [0.15, 0.2) is 12.4 Å². The summed E-state index contributed by atoms with van der Waals surface area (Å²) in [6, 6.07) is 4.59. The Morgan fingerprint density at radius 3 is 2.35 bits per heavy atom. The summed E-state index contributed by atoms with van der Waals surface area (Å²) in [5.41, 5.74) is 9.11. The van der Waals surface area contributed by atoms with Gasteiger partial charge in [0, 0.05) is 50.2 Å². The highest BCUT2D eigenvalue weighted by Gasteiger charge is 2.44. The van der Waals surface area contributed by atoms with Crippen LogP contribution in [0.5, 0.6) is 5.75 Å². The van der Waals surface area contributed by atoms with Crippen LogP contribution in [0.15, 0.2) is 23.3 Å². The number of esters is 3. The smallest absolute Gasteiger partial charge is 0.303 e. The fourth-order valence-electron chi connectivity index (χ4n) is 4.85. The van der Waals surface area contributed by atoms with Crippen molar-refractivity contribution in [3.05, 3.63) is 39.9 Å². The lowest BCUT2D eigenvalue weighted by molar-refractivity contribution is -0.245. The molecular weight excluding hydrogens is 638 g/mol. The molecule has 2 heterocycles. The fourth-order valence-corrected chi connectivity index (χ4v) is 4.85. The van der Waals surface area contributed by atoms with Gasteiger partial charge >= 0.3 is 17.9 Å². The maximum atomic E-state index is 13.1. The van der Waals surface area contributed by atoms with Crippen molar-refractivity contribution in [2.75, 3.05) is 52.9 Å². The minimum Gasteiger partial charge on any atom is -0.463 e. The summed E-state index contributed by atoms with van der Waals surface area (Å²) in [5.74, 6) is -2.15. The maximum Gasteiger partial charge on any atom is 0.303 e. The van der Waals surface area contributed by atoms with Crippen LogP contribution < -0.4 is 10.1 Å². The fraction of sp³-hybridized carbons (Fsp3) is 0.567. The topological polar surface area (TPSA) is 225 Å². The monoisotopic (exact) mass is 677 g/mol. The zero-order valence-corrected chi connectivity index (χ0v) is 27.1. The molecule has 1 aliphatic rings. The summed E-state index contributed by atoms with van der Waals surface area (Å²) >= 11 is 0. The van der Waals surface area contributed by atoms with Crippen LogP contribution in [0.25, 0.3) is 21.3 Å². The van der Waals surface area contributed by atoms with Crippen molar-refractivity contribution in [1.82, 2.24) is 9.88 Å². The zero-order valence-electron chi connectivity index (χ0n) is 27.1. The predicted molar refractivity (Wildman–Crippen MR) is 164 cm³/mol. The molecule has 1 aliphatic heterocycles. The number of nitrogens with zero attached hydrogens (tertiary/aromatic N) is 4. The normalized spacial score (nSPS) is 18.8. The SMILES string of the molecule is CC(=O)OCC1O[C@@H](Oc2ccc(C=O)c3cc(C(=O)NCOCCOCCOCCN=[N+]=[N-])n(C)c23)C[C@@H](OC(C)=O)C1OC(C)=O. The Morgan fingerprint density at radius 2 is 1.71 bits per heavy atom. The molecule has 48 heavy (non-hydrogen) atoms. The van der Waals surface area contributed by atoms with Crippen molar-refractivity contribution in [2.45, 2.75) is 51.8 Å². The molecular formula is C30H39N5O13. The minimum atomic E-state index is -1.09. The molecule has 0 bridgehead atoms. The van der Waals surface area contributed by atoms with E-state index in [1.54, 1.807) is 11.6 Å². The summed E-state index contributed by atoms with van der Waals surface area (Å²) in [6.07, 6.45) is -3.63. The van der Waals surface area contributed by atoms with Gasteiger partial charge in [-0.25, -0.2) is 0 Å². The van der Waals surface area contributed by atoms with Crippen molar-refractivity contribution < 1.29 is 61.9 Å². The largest absolute Gasteiger partial charge is 0.463 e. The van der Waals surface area contributed by atoms with Crippen LogP contribution in [-0.2, 0) is 54.6 Å². The van der Waals surface area contributed by atoms with Gasteiger partial charge in [0.25, 0.3) is 5.91 Å². The summed E-state index contributed by atoms with van der Waals surface area (Å²) in [6.45, 7) is 4.81. The van der Waals surface area contributed by atoms with E-state index < -0.39 is 48.4 Å². The van der Waals surface area contributed by atoms with E-state index in [0.29, 0.717) is 42.6 Å². The molecule has 0 saturated carbocycles. The molecule has 1 aromatic heterocycles. The van der Waals surface area contributed by atoms with Crippen LogP contribution in [0.3, 0.4) is 0 Å². The van der Waals surface area contributed by atoms with Crippen molar-refractivity contribution in [1.29, 1.82) is 0 Å². The van der Waals surface area contributed by atoms with Gasteiger partial charge in [-0.1, -0.05) is 5.11 Å². The van der Waals surface area contributed by atoms with E-state index in [2.05, 4.69) is 15.3 Å². The molecule has 0 radical (unpaired) electrons. The van der Waals surface area contributed by atoms with E-state index in [1.807, 2.05) is 0 Å². The average molecular weight is 678 g/mol. The van der Waals surface area contributed by atoms with Crippen molar-refractivity contribution in [3.8, 4) is 5.75 Å². The molecule has 2 aromatic rings. The minimum absolute atomic E-state index is 0.0612. The summed E-state index contributed by atoms with van der Waals surface area (Å²) in [4.78, 5) is 62.9. The average Bonchev–Trinajstić information content (AvgIpc) is 3.39. The van der Waals surface area contributed by atoms with Gasteiger partial charge in [0.2, 0.25) is 6.29 Å². The first-order valence-corrected chi connectivity index (χ1v) is 15.0. The first kappa shape index (κ1) is 37.7. The lowest BCUT2D eigenvalue weighted by Gasteiger charge is -2.39. The number of nitrogens with one attached hydrogen (secondary N) is 1. The second-order valence-corrected chi connectivity index (χ2v) is 10.3. The third-order valence-electron chi connectivity index (χ3n) is 6.84. The lowest BCUT2D eigenvalue weighted by Crippen LogP contribution is -2.54. The third kappa shape index (κ3) is 11.2. The number of hydrogen-bond acceptors (Lipinski definition) is 14. The highest BCUT2D eigenvalue weighted by Crippen LogP contribution is 2.34. The van der Waals surface area contributed by atoms with Gasteiger partial charge in [-0.15, -0.1) is 0 Å². The number of aromatic nitrogens is 1. The van der Waals surface area contributed by atoms with Gasteiger partial charge in [0.1, 0.15) is 37.0 Å². The first-order valence-electron chi connectivity index (χ1n) is 15.0. The number of benzene rings is 1. The molecule has 0 spiro atoms. The Hall–Kier alpha value is -4.74. The quantitative estimate of drug-likeness (QED) is 0.0328. The number of rotatable bonds is 19. The Kier molecular flexibility index (Phi) is 15.1. The molecule has 1 amide bonds. The molecule has 18 heteroatoms. The lowest BCUT2D eigenvalue weighted by atomic mass is 10.0. The van der Waals surface area contributed by atoms with Gasteiger partial charge in [-0.3, -0.25) is 24.0 Å². The number of ether oxygens (including phenoxy) is 8. The Bertz CT molecular complexity index is 1490. The highest BCUT2D eigenvalue weighted by atomic mass is 16.7. The number of hydrogen-bond donors (Lipinski definition) is 1. The third-order valence-corrected chi connectivity index (χ3v) is 6.84. The number of azide groups is 1. The molecule has 1 fully saturated rings. The molecule has 18 nitrogen and oxygen atoms in total. The molecule has 1 aromatic carbocycles. The summed E-state index contributed by atoms with van der Waals surface area (Å²) in [5, 5.41) is 6.44. The van der Waals surface area contributed by atoms with Crippen LogP contribution in [0.2, 0.25) is 0 Å². The van der Waals surface area contributed by atoms with Crippen LogP contribution in [0.4, 0.5) is 0 Å². The number of carbonyl (C=O) groups excluding carboxylic acids is 5. The van der Waals surface area contributed by atoms with Crippen LogP contribution in [0, 0.1) is 0 Å². The summed E-state index contributed by atoms with van der Waals surface area (Å²) < 4.78 is 45.7. The number of aryl methyl sites for hydroxylation is 1. The van der Waals surface area contributed by atoms with E-state index in [4.69, 9.17) is 43.4 Å². The van der Waals surface area contributed by atoms with E-state index in [-0.39, 0.29) is 51.0 Å². The number of carbonyl (C=O) groups is 5. The summed E-state index contributed by atoms with van der Waals surface area (Å²) in [7, 11) is 1.62. The standard InChI is InChI=1S/C30H39N5O13/c1-18(37)44-16-26-29(46-20(3)39)25(45-19(2)38)14-27(48-26)47-24-6-5-21(15-36)22-13-23(35(4)28(22)24)30(40)32-17-43-12-11-42-10-9-41-8-7-33-34-31/h5-6,13,15,25-27,29H,7-12,14,16-17H2,1-4H3,(H,32,40)/t25-,26?,27-,29?/m1/s1. The van der Waals surface area contributed by atoms with Gasteiger partial charge in [0.05, 0.1) is 45.0 Å². The highest BCUT2D eigenvalue weighted by molar-refractivity contribution is 6.05. The Balaban J connectivity index is 1.69. The molecule has 2 unspecified atom stereocenters. The molecule has 1 saturated heterocycles. The second-order valence-electron chi connectivity index (χ2n) is 10.3. The predicted octanol–water partition coefficient (Wildman–Crippen LogP) is 1.96. The van der Waals surface area contributed by atoms with Crippen molar-refractivity contribution in [3.63, 3.8) is 0 Å². The van der Waals surface area contributed by atoms with Gasteiger partial charge in [-0.05, 0) is 23.7 Å². The van der Waals surface area contributed by atoms with Crippen LogP contribution >= 0.6 is 0 Å². The van der Waals surface area contributed by atoms with Gasteiger partial charge < -0.3 is 47.8 Å². The molecule has 4 atom stereocenters. The second kappa shape index (κ2) is 19.2. The molecule has 3 rings (SSSR count). The van der Waals surface area contributed by atoms with Crippen molar-refractivity contribution >= 4 is 41.0 Å². The Labute approximate surface area is 275 Å². The van der Waals surface area contributed by atoms with Gasteiger partial charge in [-0.2, -0.15) is 0 Å². The molecule has 0 aliphatic carbocycles. The number of fused-ring (bicyclic) bond motifs is 1. The first-order chi connectivity index (χ1) is 23.0. The van der Waals surface area contributed by atoms with E-state index in [0.717, 1.165) is 0 Å². The van der Waals surface area contributed by atoms with E-state index in [9.17, 15) is 24.0 Å². The van der Waals surface area contributed by atoms with E-state index in [1.165, 1.54) is 39.0 Å². The number of amides is 1. The molecule has 262 valence electrons. The van der Waals surface area contributed by atoms with Crippen LogP contribution in [-0.4, -0.2) is 112 Å². The molecule has 1 N–H and O–H groups in total. The zero-order chi connectivity index (χ0) is 35.1. The van der Waals surface area contributed by atoms with Crippen LogP contribution in [0.1, 0.15) is 48.0 Å². The van der Waals surface area contributed by atoms with E-state index >= 15 is 0 Å².